The summed E-state index contributed by atoms with van der Waals surface area (Å²) >= 11 is 1.48. The number of nitrogens with zero attached hydrogens (tertiary/aromatic N) is 3. The second kappa shape index (κ2) is 7.52. The highest BCUT2D eigenvalue weighted by Crippen LogP contribution is 2.21. The van der Waals surface area contributed by atoms with E-state index >= 15 is 0 Å². The van der Waals surface area contributed by atoms with Crippen molar-refractivity contribution in [1.29, 1.82) is 0 Å². The maximum Gasteiger partial charge on any atom is 0.258 e. The lowest BCUT2D eigenvalue weighted by molar-refractivity contribution is 0.00979. The zero-order valence-corrected chi connectivity index (χ0v) is 14.1. The molecule has 1 aliphatic rings. The van der Waals surface area contributed by atoms with Gasteiger partial charge in [-0.05, 0) is 12.8 Å². The van der Waals surface area contributed by atoms with Crippen LogP contribution in [0.4, 0.5) is 0 Å². The number of thiazole rings is 1. The number of methoxy groups -OCH3 is 1. The van der Waals surface area contributed by atoms with Gasteiger partial charge in [0.1, 0.15) is 0 Å². The molecule has 0 amide bonds. The molecular formula is C14H21ClN4O2S. The number of nitrogens with two attached hydrogens (primary N) is 1. The van der Waals surface area contributed by atoms with Gasteiger partial charge in [-0.25, -0.2) is 4.98 Å². The summed E-state index contributed by atoms with van der Waals surface area (Å²) in [6.45, 7) is 2.19. The summed E-state index contributed by atoms with van der Waals surface area (Å²) in [5.74, 6) is 0. The van der Waals surface area contributed by atoms with Crippen molar-refractivity contribution in [2.45, 2.75) is 31.5 Å². The van der Waals surface area contributed by atoms with Crippen LogP contribution in [0.2, 0.25) is 0 Å². The molecule has 6 nitrogen and oxygen atoms in total. The normalized spacial score (nSPS) is 22.6. The van der Waals surface area contributed by atoms with E-state index in [1.807, 2.05) is 5.38 Å². The first-order valence-corrected chi connectivity index (χ1v) is 8.02. The number of hydrogen-bond donors (Lipinski definition) is 1. The number of likely N-dealkylation sites (tertiary alicyclic amines) is 1. The Kier molecular flexibility index (Phi) is 5.94. The third kappa shape index (κ3) is 3.49. The van der Waals surface area contributed by atoms with Crippen LogP contribution in [0, 0.1) is 0 Å². The minimum atomic E-state index is -0.0210. The standard InChI is InChI=1S/C14H20N4O2S.ClH/c1-20-12-2-3-17(11(7-12)8-15)9-10-6-13(19)18-4-5-21-14(18)16-10;/h4-6,11-12H,2-3,7-9,15H2,1H3;1H. The fourth-order valence-electron chi connectivity index (χ4n) is 2.91. The summed E-state index contributed by atoms with van der Waals surface area (Å²) in [6.07, 6.45) is 3.97. The molecule has 22 heavy (non-hydrogen) atoms. The summed E-state index contributed by atoms with van der Waals surface area (Å²) in [5, 5.41) is 1.88. The molecule has 0 saturated carbocycles. The third-order valence-electron chi connectivity index (χ3n) is 4.12. The Balaban J connectivity index is 0.00000176. The molecule has 0 bridgehead atoms. The summed E-state index contributed by atoms with van der Waals surface area (Å²) in [5.41, 5.74) is 6.68. The first kappa shape index (κ1) is 17.4. The van der Waals surface area contributed by atoms with Gasteiger partial charge in [0.2, 0.25) is 0 Å². The van der Waals surface area contributed by atoms with Gasteiger partial charge in [0.05, 0.1) is 11.8 Å². The molecular weight excluding hydrogens is 324 g/mol. The molecule has 0 spiro atoms. The Bertz CT molecular complexity index is 674. The van der Waals surface area contributed by atoms with Gasteiger partial charge in [0.15, 0.2) is 4.96 Å². The van der Waals surface area contributed by atoms with Crippen LogP contribution in [0.15, 0.2) is 22.4 Å². The van der Waals surface area contributed by atoms with Crippen LogP contribution in [0.3, 0.4) is 0 Å². The third-order valence-corrected chi connectivity index (χ3v) is 4.87. The Labute approximate surface area is 139 Å². The van der Waals surface area contributed by atoms with Gasteiger partial charge in [-0.1, -0.05) is 0 Å². The highest BCUT2D eigenvalue weighted by molar-refractivity contribution is 7.15. The highest BCUT2D eigenvalue weighted by atomic mass is 35.5. The molecule has 1 saturated heterocycles. The smallest absolute Gasteiger partial charge is 0.258 e. The second-order valence-electron chi connectivity index (χ2n) is 5.38. The Hall–Kier alpha value is -0.990. The van der Waals surface area contributed by atoms with Crippen molar-refractivity contribution in [1.82, 2.24) is 14.3 Å². The van der Waals surface area contributed by atoms with Crippen molar-refractivity contribution in [3.05, 3.63) is 33.7 Å². The number of ether oxygens (including phenoxy) is 1. The minimum absolute atomic E-state index is 0. The first-order chi connectivity index (χ1) is 10.2. The molecule has 2 atom stereocenters. The Morgan fingerprint density at radius 3 is 3.09 bits per heavy atom. The summed E-state index contributed by atoms with van der Waals surface area (Å²) in [4.78, 5) is 19.6. The molecule has 2 N–H and O–H groups in total. The molecule has 3 rings (SSSR count). The number of piperidine rings is 1. The van der Waals surface area contributed by atoms with Gasteiger partial charge < -0.3 is 10.5 Å². The topological polar surface area (TPSA) is 72.9 Å². The molecule has 1 fully saturated rings. The van der Waals surface area contributed by atoms with Crippen molar-refractivity contribution < 1.29 is 4.74 Å². The maximum absolute atomic E-state index is 12.0. The van der Waals surface area contributed by atoms with Crippen molar-refractivity contribution >= 4 is 28.7 Å². The van der Waals surface area contributed by atoms with Crippen LogP contribution in [0.1, 0.15) is 18.5 Å². The van der Waals surface area contributed by atoms with Gasteiger partial charge in [0.25, 0.3) is 5.56 Å². The number of fused-ring (bicyclic) bond motifs is 1. The lowest BCUT2D eigenvalue weighted by atomic mass is 9.99. The Morgan fingerprint density at radius 1 is 1.55 bits per heavy atom. The van der Waals surface area contributed by atoms with Crippen LogP contribution in [-0.2, 0) is 11.3 Å². The van der Waals surface area contributed by atoms with Gasteiger partial charge in [-0.3, -0.25) is 14.1 Å². The molecule has 8 heteroatoms. The molecule has 0 aromatic carbocycles. The van der Waals surface area contributed by atoms with Crippen LogP contribution < -0.4 is 11.3 Å². The van der Waals surface area contributed by atoms with E-state index in [0.717, 1.165) is 30.0 Å². The lowest BCUT2D eigenvalue weighted by Gasteiger charge is -2.38. The van der Waals surface area contributed by atoms with E-state index in [2.05, 4.69) is 9.88 Å². The zero-order valence-electron chi connectivity index (χ0n) is 12.5. The number of hydrogen-bond acceptors (Lipinski definition) is 6. The SMILES string of the molecule is COC1CCN(Cc2cc(=O)n3ccsc3n2)C(CN)C1.Cl. The molecule has 2 aromatic rings. The molecule has 1 aliphatic heterocycles. The van der Waals surface area contributed by atoms with E-state index in [-0.39, 0.29) is 30.1 Å². The second-order valence-corrected chi connectivity index (χ2v) is 6.26. The van der Waals surface area contributed by atoms with E-state index < -0.39 is 0 Å². The van der Waals surface area contributed by atoms with Crippen LogP contribution >= 0.6 is 23.7 Å². The summed E-state index contributed by atoms with van der Waals surface area (Å²) in [6, 6.07) is 1.91. The Morgan fingerprint density at radius 2 is 2.36 bits per heavy atom. The van der Waals surface area contributed by atoms with Crippen LogP contribution in [0.5, 0.6) is 0 Å². The average molecular weight is 345 g/mol. The molecule has 0 aliphatic carbocycles. The quantitative estimate of drug-likeness (QED) is 0.899. The summed E-state index contributed by atoms with van der Waals surface area (Å²) < 4.78 is 7.01. The van der Waals surface area contributed by atoms with Gasteiger partial charge in [-0.2, -0.15) is 0 Å². The average Bonchev–Trinajstić information content (AvgIpc) is 2.96. The van der Waals surface area contributed by atoms with Crippen molar-refractivity contribution in [3.8, 4) is 0 Å². The fraction of sp³-hybridized carbons (Fsp3) is 0.571. The van der Waals surface area contributed by atoms with Crippen LogP contribution in [0.25, 0.3) is 4.96 Å². The van der Waals surface area contributed by atoms with Gasteiger partial charge in [-0.15, -0.1) is 23.7 Å². The van der Waals surface area contributed by atoms with Gasteiger partial charge in [0, 0.05) is 50.4 Å². The van der Waals surface area contributed by atoms with Crippen molar-refractivity contribution in [2.24, 2.45) is 5.73 Å². The monoisotopic (exact) mass is 344 g/mol. The van der Waals surface area contributed by atoms with Crippen LogP contribution in [-0.4, -0.2) is 46.6 Å². The molecule has 3 heterocycles. The predicted octanol–water partition coefficient (Wildman–Crippen LogP) is 1.12. The fourth-order valence-corrected chi connectivity index (χ4v) is 3.65. The van der Waals surface area contributed by atoms with E-state index in [9.17, 15) is 4.79 Å². The van der Waals surface area contributed by atoms with E-state index in [1.54, 1.807) is 23.8 Å². The lowest BCUT2D eigenvalue weighted by Crippen LogP contribution is -2.48. The molecule has 0 radical (unpaired) electrons. The van der Waals surface area contributed by atoms with E-state index in [0.29, 0.717) is 13.1 Å². The van der Waals surface area contributed by atoms with Crippen molar-refractivity contribution in [3.63, 3.8) is 0 Å². The largest absolute Gasteiger partial charge is 0.381 e. The maximum atomic E-state index is 12.0. The number of halogens is 1. The van der Waals surface area contributed by atoms with Crippen molar-refractivity contribution in [2.75, 3.05) is 20.2 Å². The molecule has 2 aromatic heterocycles. The minimum Gasteiger partial charge on any atom is -0.381 e. The molecule has 122 valence electrons. The highest BCUT2D eigenvalue weighted by Gasteiger charge is 2.27. The number of rotatable bonds is 4. The predicted molar refractivity (Wildman–Crippen MR) is 89.9 cm³/mol. The number of aromatic nitrogens is 2. The van der Waals surface area contributed by atoms with E-state index in [4.69, 9.17) is 10.5 Å². The molecule has 2 unspecified atom stereocenters. The van der Waals surface area contributed by atoms with Gasteiger partial charge >= 0.3 is 0 Å². The summed E-state index contributed by atoms with van der Waals surface area (Å²) in [7, 11) is 1.75. The first-order valence-electron chi connectivity index (χ1n) is 7.14. The zero-order chi connectivity index (χ0) is 14.8. The van der Waals surface area contributed by atoms with E-state index in [1.165, 1.54) is 11.3 Å².